The minimum absolute atomic E-state index is 0.172. The van der Waals surface area contributed by atoms with Crippen molar-refractivity contribution in [1.29, 1.82) is 0 Å². The summed E-state index contributed by atoms with van der Waals surface area (Å²) in [7, 11) is 3.58. The largest absolute Gasteiger partial charge is 0.497 e. The van der Waals surface area contributed by atoms with Gasteiger partial charge in [-0.25, -0.2) is 0 Å². The SMILES string of the molecule is COc1ccc(-c2n[nH]c(=S)n2CCC(=O)N(C)C2CCCCCC2)cc1. The second-order valence-corrected chi connectivity index (χ2v) is 7.52. The van der Waals surface area contributed by atoms with Gasteiger partial charge >= 0.3 is 0 Å². The van der Waals surface area contributed by atoms with Crippen molar-refractivity contribution in [2.24, 2.45) is 0 Å². The van der Waals surface area contributed by atoms with Crippen LogP contribution >= 0.6 is 12.2 Å². The normalized spacial score (nSPS) is 15.3. The van der Waals surface area contributed by atoms with Gasteiger partial charge in [0, 0.05) is 31.6 Å². The fraction of sp³-hybridized carbons (Fsp3) is 0.550. The first kappa shape index (κ1) is 19.6. The number of hydrogen-bond acceptors (Lipinski definition) is 4. The number of carbonyl (C=O) groups excluding carboxylic acids is 1. The molecule has 0 bridgehead atoms. The molecule has 0 unspecified atom stereocenters. The Balaban J connectivity index is 1.67. The fourth-order valence-electron chi connectivity index (χ4n) is 3.72. The quantitative estimate of drug-likeness (QED) is 0.595. The third-order valence-electron chi connectivity index (χ3n) is 5.42. The molecule has 1 saturated carbocycles. The van der Waals surface area contributed by atoms with E-state index in [-0.39, 0.29) is 5.91 Å². The summed E-state index contributed by atoms with van der Waals surface area (Å²) in [4.78, 5) is 14.7. The second kappa shape index (κ2) is 9.17. The summed E-state index contributed by atoms with van der Waals surface area (Å²) in [5, 5.41) is 7.20. The van der Waals surface area contributed by atoms with Crippen LogP contribution < -0.4 is 4.74 Å². The van der Waals surface area contributed by atoms with Crippen molar-refractivity contribution in [3.05, 3.63) is 29.0 Å². The van der Waals surface area contributed by atoms with Crippen LogP contribution in [0, 0.1) is 4.77 Å². The molecule has 2 aromatic rings. The molecule has 0 aliphatic heterocycles. The van der Waals surface area contributed by atoms with Crippen LogP contribution in [-0.2, 0) is 11.3 Å². The number of methoxy groups -OCH3 is 1. The van der Waals surface area contributed by atoms with Gasteiger partial charge in [-0.3, -0.25) is 14.5 Å². The van der Waals surface area contributed by atoms with Gasteiger partial charge in [-0.05, 0) is 49.3 Å². The van der Waals surface area contributed by atoms with Gasteiger partial charge in [-0.1, -0.05) is 25.7 Å². The van der Waals surface area contributed by atoms with Crippen LogP contribution in [0.3, 0.4) is 0 Å². The summed E-state index contributed by atoms with van der Waals surface area (Å²) in [6.07, 6.45) is 7.66. The van der Waals surface area contributed by atoms with Crippen molar-refractivity contribution in [2.75, 3.05) is 14.2 Å². The lowest BCUT2D eigenvalue weighted by Crippen LogP contribution is -2.37. The first-order chi connectivity index (χ1) is 13.1. The Hall–Kier alpha value is -2.15. The van der Waals surface area contributed by atoms with E-state index in [0.29, 0.717) is 23.8 Å². The Morgan fingerprint density at radius 2 is 1.93 bits per heavy atom. The molecule has 0 spiro atoms. The molecule has 1 aromatic heterocycles. The first-order valence-electron chi connectivity index (χ1n) is 9.65. The highest BCUT2D eigenvalue weighted by Gasteiger charge is 2.21. The molecule has 0 atom stereocenters. The van der Waals surface area contributed by atoms with Gasteiger partial charge in [0.2, 0.25) is 5.91 Å². The second-order valence-electron chi connectivity index (χ2n) is 7.13. The number of nitrogens with zero attached hydrogens (tertiary/aromatic N) is 3. The number of amides is 1. The lowest BCUT2D eigenvalue weighted by atomic mass is 10.1. The van der Waals surface area contributed by atoms with Gasteiger partial charge in [-0.15, -0.1) is 0 Å². The van der Waals surface area contributed by atoms with Crippen molar-refractivity contribution < 1.29 is 9.53 Å². The van der Waals surface area contributed by atoms with E-state index < -0.39 is 0 Å². The maximum atomic E-state index is 12.7. The van der Waals surface area contributed by atoms with Gasteiger partial charge in [0.25, 0.3) is 0 Å². The molecule has 1 aliphatic rings. The highest BCUT2D eigenvalue weighted by molar-refractivity contribution is 7.71. The van der Waals surface area contributed by atoms with Crippen LogP contribution in [0.5, 0.6) is 5.75 Å². The predicted molar refractivity (Wildman–Crippen MR) is 108 cm³/mol. The highest BCUT2D eigenvalue weighted by atomic mass is 32.1. The molecule has 0 radical (unpaired) electrons. The van der Waals surface area contributed by atoms with E-state index in [1.54, 1.807) is 7.11 Å². The zero-order chi connectivity index (χ0) is 19.2. The number of H-pyrrole nitrogens is 1. The summed E-state index contributed by atoms with van der Waals surface area (Å²) in [5.74, 6) is 1.71. The van der Waals surface area contributed by atoms with Crippen LogP contribution in [-0.4, -0.2) is 45.8 Å². The number of benzene rings is 1. The molecule has 3 rings (SSSR count). The Kier molecular flexibility index (Phi) is 6.66. The Morgan fingerprint density at radius 1 is 1.26 bits per heavy atom. The molecule has 1 aromatic carbocycles. The summed E-state index contributed by atoms with van der Waals surface area (Å²) < 4.78 is 7.64. The van der Waals surface area contributed by atoms with E-state index in [1.807, 2.05) is 40.8 Å². The van der Waals surface area contributed by atoms with E-state index in [9.17, 15) is 4.79 Å². The van der Waals surface area contributed by atoms with Crippen LogP contribution in [0.2, 0.25) is 0 Å². The van der Waals surface area contributed by atoms with Gasteiger partial charge in [-0.2, -0.15) is 5.10 Å². The van der Waals surface area contributed by atoms with Crippen LogP contribution in [0.25, 0.3) is 11.4 Å². The summed E-state index contributed by atoms with van der Waals surface area (Å²) in [6.45, 7) is 0.520. The Labute approximate surface area is 165 Å². The van der Waals surface area contributed by atoms with Crippen molar-refractivity contribution in [3.8, 4) is 17.1 Å². The van der Waals surface area contributed by atoms with E-state index in [1.165, 1.54) is 25.7 Å². The standard InChI is InChI=1S/C20H28N4O2S/c1-23(16-7-5-3-4-6-8-16)18(25)13-14-24-19(21-22-20(24)27)15-9-11-17(26-2)12-10-15/h9-12,16H,3-8,13-14H2,1-2H3,(H,22,27). The number of aromatic amines is 1. The number of nitrogens with one attached hydrogen (secondary N) is 1. The molecule has 7 heteroatoms. The van der Waals surface area contributed by atoms with Crippen molar-refractivity contribution in [3.63, 3.8) is 0 Å². The molecule has 146 valence electrons. The molecular weight excluding hydrogens is 360 g/mol. The smallest absolute Gasteiger partial charge is 0.224 e. The topological polar surface area (TPSA) is 63.1 Å². The Bertz CT molecular complexity index is 804. The monoisotopic (exact) mass is 388 g/mol. The average Bonchev–Trinajstić information content (AvgIpc) is 2.88. The molecule has 1 amide bonds. The molecular formula is C20H28N4O2S. The number of hydrogen-bond donors (Lipinski definition) is 1. The Morgan fingerprint density at radius 3 is 2.56 bits per heavy atom. The maximum absolute atomic E-state index is 12.7. The van der Waals surface area contributed by atoms with Crippen LogP contribution in [0.1, 0.15) is 44.9 Å². The lowest BCUT2D eigenvalue weighted by molar-refractivity contribution is -0.132. The average molecular weight is 389 g/mol. The minimum atomic E-state index is 0.172. The summed E-state index contributed by atoms with van der Waals surface area (Å²) >= 11 is 5.38. The van der Waals surface area contributed by atoms with Gasteiger partial charge < -0.3 is 9.64 Å². The minimum Gasteiger partial charge on any atom is -0.497 e. The van der Waals surface area contributed by atoms with Crippen LogP contribution in [0.15, 0.2) is 24.3 Å². The number of carbonyl (C=O) groups is 1. The highest BCUT2D eigenvalue weighted by Crippen LogP contribution is 2.23. The van der Waals surface area contributed by atoms with E-state index in [0.717, 1.165) is 30.0 Å². The van der Waals surface area contributed by atoms with E-state index in [2.05, 4.69) is 10.2 Å². The molecule has 1 aliphatic carbocycles. The zero-order valence-electron chi connectivity index (χ0n) is 16.1. The fourth-order valence-corrected chi connectivity index (χ4v) is 3.94. The number of aromatic nitrogens is 3. The number of ether oxygens (including phenoxy) is 1. The molecule has 27 heavy (non-hydrogen) atoms. The lowest BCUT2D eigenvalue weighted by Gasteiger charge is -2.27. The van der Waals surface area contributed by atoms with Crippen LogP contribution in [0.4, 0.5) is 0 Å². The molecule has 1 fully saturated rings. The molecule has 6 nitrogen and oxygen atoms in total. The van der Waals surface area contributed by atoms with Gasteiger partial charge in [0.1, 0.15) is 5.75 Å². The maximum Gasteiger partial charge on any atom is 0.224 e. The molecule has 1 N–H and O–H groups in total. The third kappa shape index (κ3) is 4.77. The van der Waals surface area contributed by atoms with Crippen molar-refractivity contribution >= 4 is 18.1 Å². The van der Waals surface area contributed by atoms with Gasteiger partial charge in [0.15, 0.2) is 10.6 Å². The third-order valence-corrected chi connectivity index (χ3v) is 5.73. The summed E-state index contributed by atoms with van der Waals surface area (Å²) in [5.41, 5.74) is 0.938. The molecule has 1 heterocycles. The first-order valence-corrected chi connectivity index (χ1v) is 10.1. The number of rotatable bonds is 6. The van der Waals surface area contributed by atoms with E-state index >= 15 is 0 Å². The summed E-state index contributed by atoms with van der Waals surface area (Å²) in [6, 6.07) is 8.04. The van der Waals surface area contributed by atoms with Crippen molar-refractivity contribution in [2.45, 2.75) is 57.5 Å². The van der Waals surface area contributed by atoms with E-state index in [4.69, 9.17) is 17.0 Å². The predicted octanol–water partition coefficient (Wildman–Crippen LogP) is 4.19. The van der Waals surface area contributed by atoms with Crippen molar-refractivity contribution in [1.82, 2.24) is 19.7 Å². The zero-order valence-corrected chi connectivity index (χ0v) is 16.9. The molecule has 0 saturated heterocycles. The van der Waals surface area contributed by atoms with Gasteiger partial charge in [0.05, 0.1) is 7.11 Å².